The standard InChI is InChI=1S/C30H20N8S2/c31-27(39-28(32)23-13-21(15-33-17-23)25-8-1-3-10-35-25)19-6-5-7-20(12-19)29-37-38-30(40-29)24-14-22(16-34-18-24)26-9-2-4-11-36-26/h1-18,31-32H/p+1. The van der Waals surface area contributed by atoms with Gasteiger partial charge in [0.1, 0.15) is 15.1 Å². The van der Waals surface area contributed by atoms with Crippen LogP contribution in [0.15, 0.2) is 110 Å². The van der Waals surface area contributed by atoms with E-state index in [9.17, 15) is 0 Å². The molecule has 8 nitrogen and oxygen atoms in total. The zero-order chi connectivity index (χ0) is 27.3. The van der Waals surface area contributed by atoms with Gasteiger partial charge in [0.05, 0.1) is 17.0 Å². The molecule has 5 aromatic heterocycles. The van der Waals surface area contributed by atoms with E-state index in [0.29, 0.717) is 10.1 Å². The van der Waals surface area contributed by atoms with Crippen LogP contribution in [0.5, 0.6) is 0 Å². The Hall–Kier alpha value is -4.93. The van der Waals surface area contributed by atoms with Crippen molar-refractivity contribution in [2.45, 2.75) is 0 Å². The number of hydrogen-bond acceptors (Lipinski definition) is 9. The minimum Gasteiger partial charge on any atom is -0.293 e. The summed E-state index contributed by atoms with van der Waals surface area (Å²) in [6.07, 6.45) is 10.5. The second kappa shape index (κ2) is 11.4. The van der Waals surface area contributed by atoms with Gasteiger partial charge in [0.2, 0.25) is 5.04 Å². The van der Waals surface area contributed by atoms with Crippen LogP contribution in [0.1, 0.15) is 11.1 Å². The molecule has 1 aromatic carbocycles. The van der Waals surface area contributed by atoms with E-state index < -0.39 is 0 Å². The smallest absolute Gasteiger partial charge is 0.246 e. The van der Waals surface area contributed by atoms with Crippen molar-refractivity contribution >= 4 is 33.2 Å². The molecule has 0 spiro atoms. The van der Waals surface area contributed by atoms with Gasteiger partial charge in [-0.25, -0.2) is 5.41 Å². The molecule has 5 heterocycles. The maximum Gasteiger partial charge on any atom is 0.246 e. The highest BCUT2D eigenvalue weighted by Crippen LogP contribution is 2.32. The first-order chi connectivity index (χ1) is 19.6. The molecule has 10 heteroatoms. The highest BCUT2D eigenvalue weighted by atomic mass is 32.2. The number of rotatable bonds is 6. The van der Waals surface area contributed by atoms with Crippen LogP contribution in [-0.4, -0.2) is 40.2 Å². The molecule has 40 heavy (non-hydrogen) atoms. The van der Waals surface area contributed by atoms with Crippen molar-refractivity contribution in [2.75, 3.05) is 0 Å². The molecule has 0 aliphatic carbocycles. The van der Waals surface area contributed by atoms with E-state index in [2.05, 4.69) is 30.1 Å². The number of thioether (sulfide) groups is 1. The van der Waals surface area contributed by atoms with Gasteiger partial charge < -0.3 is 0 Å². The lowest BCUT2D eigenvalue weighted by Crippen LogP contribution is -2.39. The number of nitrogens with two attached hydrogens (primary N) is 1. The summed E-state index contributed by atoms with van der Waals surface area (Å²) in [7, 11) is 0. The van der Waals surface area contributed by atoms with Gasteiger partial charge in [-0.15, -0.1) is 10.2 Å². The largest absolute Gasteiger partial charge is 0.293 e. The molecular weight excluding hydrogens is 537 g/mol. The van der Waals surface area contributed by atoms with Crippen LogP contribution < -0.4 is 5.41 Å². The fourth-order valence-electron chi connectivity index (χ4n) is 3.96. The van der Waals surface area contributed by atoms with Crippen molar-refractivity contribution in [3.63, 3.8) is 0 Å². The topological polar surface area (TPSA) is 127 Å². The van der Waals surface area contributed by atoms with E-state index in [0.717, 1.165) is 54.8 Å². The van der Waals surface area contributed by atoms with Gasteiger partial charge in [0.25, 0.3) is 0 Å². The van der Waals surface area contributed by atoms with Crippen LogP contribution in [0.2, 0.25) is 0 Å². The second-order valence-corrected chi connectivity index (χ2v) is 10.7. The number of pyridine rings is 4. The maximum absolute atomic E-state index is 8.71. The summed E-state index contributed by atoms with van der Waals surface area (Å²) in [4.78, 5) is 17.5. The number of aromatic nitrogens is 6. The van der Waals surface area contributed by atoms with Crippen molar-refractivity contribution in [2.24, 2.45) is 0 Å². The molecule has 0 aliphatic heterocycles. The van der Waals surface area contributed by atoms with Crippen LogP contribution in [0.4, 0.5) is 0 Å². The summed E-state index contributed by atoms with van der Waals surface area (Å²) in [6.45, 7) is 0. The molecule has 0 aliphatic rings. The lowest BCUT2D eigenvalue weighted by Gasteiger charge is -2.05. The van der Waals surface area contributed by atoms with Crippen LogP contribution in [0, 0.1) is 5.41 Å². The molecule has 0 amide bonds. The third-order valence-corrected chi connectivity index (χ3v) is 7.85. The SMILES string of the molecule is N=C(SC(=[NH2+])c1cncc(-c2ccccn2)c1)c1cccc(-c2nnc(-c3cncc(-c4ccccn4)c3)s2)c1. The van der Waals surface area contributed by atoms with Gasteiger partial charge >= 0.3 is 0 Å². The molecule has 0 bridgehead atoms. The summed E-state index contributed by atoms with van der Waals surface area (Å²) < 4.78 is 0. The molecule has 0 atom stereocenters. The van der Waals surface area contributed by atoms with Crippen molar-refractivity contribution in [3.05, 3.63) is 121 Å². The maximum atomic E-state index is 8.71. The molecule has 0 radical (unpaired) electrons. The Morgan fingerprint density at radius 2 is 1.27 bits per heavy atom. The molecule has 0 unspecified atom stereocenters. The monoisotopic (exact) mass is 557 g/mol. The summed E-state index contributed by atoms with van der Waals surface area (Å²) in [6, 6.07) is 23.1. The lowest BCUT2D eigenvalue weighted by atomic mass is 10.1. The third kappa shape index (κ3) is 5.58. The first-order valence-electron chi connectivity index (χ1n) is 12.2. The Morgan fingerprint density at radius 1 is 0.650 bits per heavy atom. The second-order valence-electron chi connectivity index (χ2n) is 8.64. The third-order valence-electron chi connectivity index (χ3n) is 5.94. The molecule has 0 saturated heterocycles. The quantitative estimate of drug-likeness (QED) is 0.217. The van der Waals surface area contributed by atoms with Crippen LogP contribution in [-0.2, 0) is 0 Å². The predicted molar refractivity (Wildman–Crippen MR) is 160 cm³/mol. The Bertz CT molecular complexity index is 1820. The minimum atomic E-state index is 0.319. The highest BCUT2D eigenvalue weighted by molar-refractivity contribution is 8.27. The minimum absolute atomic E-state index is 0.319. The van der Waals surface area contributed by atoms with Crippen LogP contribution in [0.25, 0.3) is 43.7 Å². The summed E-state index contributed by atoms with van der Waals surface area (Å²) >= 11 is 2.66. The van der Waals surface area contributed by atoms with E-state index in [1.807, 2.05) is 72.8 Å². The zero-order valence-electron chi connectivity index (χ0n) is 21.0. The highest BCUT2D eigenvalue weighted by Gasteiger charge is 2.17. The Balaban J connectivity index is 1.19. The molecule has 6 rings (SSSR count). The molecule has 192 valence electrons. The summed E-state index contributed by atoms with van der Waals surface area (Å²) in [5, 5.41) is 26.2. The van der Waals surface area contributed by atoms with E-state index >= 15 is 0 Å². The molecular formula is C30H21N8S2+. The Kier molecular flexibility index (Phi) is 7.25. The van der Waals surface area contributed by atoms with Gasteiger partial charge in [0, 0.05) is 65.0 Å². The summed E-state index contributed by atoms with van der Waals surface area (Å²) in [5.74, 6) is 0. The molecule has 3 N–H and O–H groups in total. The van der Waals surface area contributed by atoms with Crippen LogP contribution >= 0.6 is 23.1 Å². The van der Waals surface area contributed by atoms with E-state index in [4.69, 9.17) is 10.8 Å². The van der Waals surface area contributed by atoms with Gasteiger partial charge in [0.15, 0.2) is 0 Å². The number of hydrogen-bond donors (Lipinski definition) is 2. The average Bonchev–Trinajstić information content (AvgIpc) is 3.53. The lowest BCUT2D eigenvalue weighted by molar-refractivity contribution is -0.107. The summed E-state index contributed by atoms with van der Waals surface area (Å²) in [5.41, 5.74) is 6.65. The molecule has 0 fully saturated rings. The van der Waals surface area contributed by atoms with E-state index in [1.165, 1.54) is 23.1 Å². The number of nitrogens with zero attached hydrogens (tertiary/aromatic N) is 6. The number of nitrogens with one attached hydrogen (secondary N) is 1. The van der Waals surface area contributed by atoms with Crippen molar-refractivity contribution in [3.8, 4) is 43.7 Å². The fraction of sp³-hybridized carbons (Fsp3) is 0. The fourth-order valence-corrected chi connectivity index (χ4v) is 5.47. The van der Waals surface area contributed by atoms with Gasteiger partial charge in [-0.05, 0) is 54.2 Å². The first-order valence-corrected chi connectivity index (χ1v) is 13.8. The van der Waals surface area contributed by atoms with E-state index in [-0.39, 0.29) is 0 Å². The van der Waals surface area contributed by atoms with Gasteiger partial charge in [-0.2, -0.15) is 0 Å². The van der Waals surface area contributed by atoms with Gasteiger partial charge in [-0.3, -0.25) is 25.3 Å². The van der Waals surface area contributed by atoms with E-state index in [1.54, 1.807) is 37.2 Å². The molecule has 6 aromatic rings. The molecule has 0 saturated carbocycles. The Morgan fingerprint density at radius 3 is 1.98 bits per heavy atom. The van der Waals surface area contributed by atoms with Crippen molar-refractivity contribution in [1.29, 1.82) is 5.41 Å². The van der Waals surface area contributed by atoms with Gasteiger partial charge in [-0.1, -0.05) is 41.7 Å². The zero-order valence-corrected chi connectivity index (χ0v) is 22.6. The van der Waals surface area contributed by atoms with Crippen molar-refractivity contribution < 1.29 is 5.41 Å². The van der Waals surface area contributed by atoms with Crippen LogP contribution in [0.3, 0.4) is 0 Å². The number of benzene rings is 1. The normalized spacial score (nSPS) is 10.8. The Labute approximate surface area is 238 Å². The first kappa shape index (κ1) is 25.4. The van der Waals surface area contributed by atoms with Crippen molar-refractivity contribution in [1.82, 2.24) is 30.1 Å². The predicted octanol–water partition coefficient (Wildman–Crippen LogP) is 5.05. The average molecular weight is 558 g/mol.